The summed E-state index contributed by atoms with van der Waals surface area (Å²) in [6.45, 7) is 1.25. The highest BCUT2D eigenvalue weighted by atomic mass is 35.5. The van der Waals surface area contributed by atoms with Gasteiger partial charge in [-0.15, -0.1) is 0 Å². The maximum absolute atomic E-state index is 13.5. The van der Waals surface area contributed by atoms with Crippen molar-refractivity contribution < 1.29 is 9.18 Å². The molecule has 7 heteroatoms. The van der Waals surface area contributed by atoms with Gasteiger partial charge in [0.05, 0.1) is 5.69 Å². The van der Waals surface area contributed by atoms with E-state index in [0.717, 1.165) is 19.3 Å². The Bertz CT molecular complexity index is 490. The predicted molar refractivity (Wildman–Crippen MR) is 68.4 cm³/mol. The molecular weight excluding hydrogens is 280 g/mol. The molecule has 0 radical (unpaired) electrons. The van der Waals surface area contributed by atoms with Crippen LogP contribution in [0.15, 0.2) is 0 Å². The fourth-order valence-corrected chi connectivity index (χ4v) is 2.48. The van der Waals surface area contributed by atoms with Gasteiger partial charge in [0.15, 0.2) is 11.0 Å². The van der Waals surface area contributed by atoms with Crippen molar-refractivity contribution in [2.75, 3.05) is 18.8 Å². The Morgan fingerprint density at radius 1 is 1.22 bits per heavy atom. The molecule has 2 rings (SSSR count). The van der Waals surface area contributed by atoms with E-state index < -0.39 is 11.0 Å². The van der Waals surface area contributed by atoms with Crippen molar-refractivity contribution in [2.45, 2.75) is 19.3 Å². The molecule has 98 valence electrons. The number of aromatic nitrogens is 1. The first-order chi connectivity index (χ1) is 8.52. The molecule has 2 heterocycles. The number of nitrogen functional groups attached to an aromatic ring is 1. The van der Waals surface area contributed by atoms with Crippen LogP contribution in [-0.4, -0.2) is 28.9 Å². The summed E-state index contributed by atoms with van der Waals surface area (Å²) in [5.74, 6) is -1.29. The van der Waals surface area contributed by atoms with Crippen LogP contribution < -0.4 is 5.73 Å². The number of anilines is 1. The summed E-state index contributed by atoms with van der Waals surface area (Å²) in [5, 5.41) is -0.581. The van der Waals surface area contributed by atoms with Crippen LogP contribution in [0.25, 0.3) is 0 Å². The highest BCUT2D eigenvalue weighted by Crippen LogP contribution is 2.29. The number of likely N-dealkylation sites (tertiary alicyclic amines) is 1. The van der Waals surface area contributed by atoms with E-state index in [0.29, 0.717) is 13.1 Å². The molecule has 1 aromatic rings. The molecule has 1 fully saturated rings. The number of amides is 1. The molecule has 1 amide bonds. The second-order valence-electron chi connectivity index (χ2n) is 4.15. The first-order valence-corrected chi connectivity index (χ1v) is 6.37. The number of carbonyl (C=O) groups is 1. The van der Waals surface area contributed by atoms with Gasteiger partial charge in [-0.05, 0) is 19.3 Å². The lowest BCUT2D eigenvalue weighted by atomic mass is 10.1. The molecule has 1 aliphatic rings. The van der Waals surface area contributed by atoms with Gasteiger partial charge < -0.3 is 10.6 Å². The van der Waals surface area contributed by atoms with Crippen LogP contribution in [0, 0.1) is 5.82 Å². The lowest BCUT2D eigenvalue weighted by Gasteiger charge is -2.27. The molecule has 0 saturated carbocycles. The van der Waals surface area contributed by atoms with Crippen LogP contribution in [0.5, 0.6) is 0 Å². The lowest BCUT2D eigenvalue weighted by molar-refractivity contribution is 0.0725. The van der Waals surface area contributed by atoms with Crippen molar-refractivity contribution >= 4 is 34.8 Å². The Balaban J connectivity index is 2.38. The van der Waals surface area contributed by atoms with Gasteiger partial charge in [-0.25, -0.2) is 9.37 Å². The fraction of sp³-hybridized carbons (Fsp3) is 0.455. The maximum atomic E-state index is 13.5. The number of rotatable bonds is 1. The first-order valence-electron chi connectivity index (χ1n) is 5.61. The van der Waals surface area contributed by atoms with E-state index in [1.807, 2.05) is 0 Å². The SMILES string of the molecule is Nc1c(F)c(Cl)nc(Cl)c1C(=O)N1CCCCC1. The minimum atomic E-state index is -0.901. The average molecular weight is 292 g/mol. The Morgan fingerprint density at radius 2 is 1.83 bits per heavy atom. The van der Waals surface area contributed by atoms with Crippen molar-refractivity contribution in [1.82, 2.24) is 9.88 Å². The number of carbonyl (C=O) groups excluding carboxylic acids is 1. The number of hydrogen-bond acceptors (Lipinski definition) is 3. The summed E-state index contributed by atoms with van der Waals surface area (Å²) in [6.07, 6.45) is 2.93. The Hall–Kier alpha value is -1.07. The summed E-state index contributed by atoms with van der Waals surface area (Å²) in [5.41, 5.74) is 5.13. The number of halogens is 3. The van der Waals surface area contributed by atoms with Crippen LogP contribution in [-0.2, 0) is 0 Å². The zero-order valence-corrected chi connectivity index (χ0v) is 11.1. The van der Waals surface area contributed by atoms with Crippen molar-refractivity contribution in [3.8, 4) is 0 Å². The molecule has 0 spiro atoms. The first kappa shape index (κ1) is 13.4. The average Bonchev–Trinajstić information content (AvgIpc) is 2.37. The third-order valence-corrected chi connectivity index (χ3v) is 3.47. The molecular formula is C11H12Cl2FN3O. The third kappa shape index (κ3) is 2.37. The number of pyridine rings is 1. The quantitative estimate of drug-likeness (QED) is 0.810. The van der Waals surface area contributed by atoms with Crippen molar-refractivity contribution in [1.29, 1.82) is 0 Å². The highest BCUT2D eigenvalue weighted by Gasteiger charge is 2.26. The highest BCUT2D eigenvalue weighted by molar-refractivity contribution is 6.35. The normalized spacial score (nSPS) is 15.8. The molecule has 0 bridgehead atoms. The van der Waals surface area contributed by atoms with Crippen LogP contribution in [0.4, 0.5) is 10.1 Å². The van der Waals surface area contributed by atoms with E-state index in [2.05, 4.69) is 4.98 Å². The molecule has 0 unspecified atom stereocenters. The number of hydrogen-bond donors (Lipinski definition) is 1. The van der Waals surface area contributed by atoms with Gasteiger partial charge in [0, 0.05) is 13.1 Å². The van der Waals surface area contributed by atoms with Crippen LogP contribution in [0.3, 0.4) is 0 Å². The van der Waals surface area contributed by atoms with E-state index in [1.54, 1.807) is 4.90 Å². The van der Waals surface area contributed by atoms with E-state index in [-0.39, 0.29) is 22.3 Å². The summed E-state index contributed by atoms with van der Waals surface area (Å²) in [7, 11) is 0. The van der Waals surface area contributed by atoms with Crippen LogP contribution in [0.1, 0.15) is 29.6 Å². The largest absolute Gasteiger partial charge is 0.396 e. The van der Waals surface area contributed by atoms with Crippen molar-refractivity contribution in [3.05, 3.63) is 21.7 Å². The molecule has 0 atom stereocenters. The molecule has 4 nitrogen and oxygen atoms in total. The second kappa shape index (κ2) is 5.28. The monoisotopic (exact) mass is 291 g/mol. The minimum Gasteiger partial charge on any atom is -0.396 e. The molecule has 1 saturated heterocycles. The summed E-state index contributed by atoms with van der Waals surface area (Å²) < 4.78 is 13.5. The molecule has 18 heavy (non-hydrogen) atoms. The topological polar surface area (TPSA) is 59.2 Å². The number of nitrogens with two attached hydrogens (primary N) is 1. The number of nitrogens with zero attached hydrogens (tertiary/aromatic N) is 2. The lowest BCUT2D eigenvalue weighted by Crippen LogP contribution is -2.36. The van der Waals surface area contributed by atoms with Gasteiger partial charge >= 0.3 is 0 Å². The summed E-state index contributed by atoms with van der Waals surface area (Å²) in [6, 6.07) is 0. The van der Waals surface area contributed by atoms with Gasteiger partial charge in [-0.2, -0.15) is 0 Å². The minimum absolute atomic E-state index is 0.0968. The van der Waals surface area contributed by atoms with E-state index in [9.17, 15) is 9.18 Å². The van der Waals surface area contributed by atoms with Crippen molar-refractivity contribution in [2.24, 2.45) is 0 Å². The summed E-state index contributed by atoms with van der Waals surface area (Å²) >= 11 is 11.3. The van der Waals surface area contributed by atoms with Crippen LogP contribution in [0.2, 0.25) is 10.3 Å². The third-order valence-electron chi connectivity index (χ3n) is 2.95. The van der Waals surface area contributed by atoms with Gasteiger partial charge in [0.2, 0.25) is 0 Å². The molecule has 2 N–H and O–H groups in total. The Labute approximate surface area is 114 Å². The van der Waals surface area contributed by atoms with Gasteiger partial charge in [0.1, 0.15) is 10.7 Å². The Kier molecular flexibility index (Phi) is 3.92. The van der Waals surface area contributed by atoms with Crippen molar-refractivity contribution in [3.63, 3.8) is 0 Å². The molecule has 1 aliphatic heterocycles. The molecule has 0 aromatic carbocycles. The standard InChI is InChI=1S/C11H12Cl2FN3O/c12-9-6(8(15)7(14)10(13)16-9)11(18)17-4-2-1-3-5-17/h1-5H2,(H2,15,16). The molecule has 1 aromatic heterocycles. The predicted octanol–water partition coefficient (Wildman–Crippen LogP) is 2.74. The smallest absolute Gasteiger partial charge is 0.259 e. The Morgan fingerprint density at radius 3 is 2.44 bits per heavy atom. The van der Waals surface area contributed by atoms with E-state index in [4.69, 9.17) is 28.9 Å². The zero-order chi connectivity index (χ0) is 13.3. The fourth-order valence-electron chi connectivity index (χ4n) is 1.98. The number of piperidine rings is 1. The van der Waals surface area contributed by atoms with E-state index in [1.165, 1.54) is 0 Å². The van der Waals surface area contributed by atoms with Gasteiger partial charge in [-0.1, -0.05) is 23.2 Å². The summed E-state index contributed by atoms with van der Waals surface area (Å²) in [4.78, 5) is 17.4. The maximum Gasteiger partial charge on any atom is 0.259 e. The van der Waals surface area contributed by atoms with E-state index >= 15 is 0 Å². The van der Waals surface area contributed by atoms with Crippen LogP contribution >= 0.6 is 23.2 Å². The zero-order valence-electron chi connectivity index (χ0n) is 9.55. The van der Waals surface area contributed by atoms with Gasteiger partial charge in [-0.3, -0.25) is 4.79 Å². The van der Waals surface area contributed by atoms with Gasteiger partial charge in [0.25, 0.3) is 5.91 Å². The molecule has 0 aliphatic carbocycles. The second-order valence-corrected chi connectivity index (χ2v) is 4.86.